The minimum absolute atomic E-state index is 0.116. The molecule has 4 aromatic rings. The van der Waals surface area contributed by atoms with Gasteiger partial charge in [0.05, 0.1) is 25.0 Å². The highest BCUT2D eigenvalue weighted by Crippen LogP contribution is 2.36. The van der Waals surface area contributed by atoms with Crippen molar-refractivity contribution in [3.8, 4) is 23.0 Å². The van der Waals surface area contributed by atoms with Gasteiger partial charge in [-0.05, 0) is 35.0 Å². The molecule has 2 aromatic heterocycles. The summed E-state index contributed by atoms with van der Waals surface area (Å²) in [6, 6.07) is 11.1. The first-order chi connectivity index (χ1) is 11.6. The lowest BCUT2D eigenvalue weighted by atomic mass is 10.1. The Balaban J connectivity index is 2.13. The SMILES string of the molecule is COc1cc2cc[n+]3cc4c(O)c(O)ccc4cc3c2cc1OC. The van der Waals surface area contributed by atoms with Gasteiger partial charge in [-0.3, -0.25) is 0 Å². The van der Waals surface area contributed by atoms with Gasteiger partial charge in [-0.15, -0.1) is 0 Å². The normalized spacial score (nSPS) is 11.2. The van der Waals surface area contributed by atoms with E-state index < -0.39 is 0 Å². The van der Waals surface area contributed by atoms with Gasteiger partial charge < -0.3 is 19.7 Å². The molecule has 4 rings (SSSR count). The first kappa shape index (κ1) is 14.4. The quantitative estimate of drug-likeness (QED) is 0.257. The molecule has 0 amide bonds. The van der Waals surface area contributed by atoms with Crippen molar-refractivity contribution in [3.63, 3.8) is 0 Å². The lowest BCUT2D eigenvalue weighted by molar-refractivity contribution is -0.509. The van der Waals surface area contributed by atoms with Crippen molar-refractivity contribution in [2.45, 2.75) is 0 Å². The second-order valence-corrected chi connectivity index (χ2v) is 5.61. The van der Waals surface area contributed by atoms with Gasteiger partial charge >= 0.3 is 0 Å². The summed E-state index contributed by atoms with van der Waals surface area (Å²) in [5.74, 6) is 1.09. The van der Waals surface area contributed by atoms with Crippen LogP contribution in [0, 0.1) is 0 Å². The highest BCUT2D eigenvalue weighted by atomic mass is 16.5. The molecule has 2 heterocycles. The Morgan fingerprint density at radius 2 is 1.54 bits per heavy atom. The Kier molecular flexibility index (Phi) is 3.09. The number of aromatic hydroxyl groups is 2. The zero-order valence-corrected chi connectivity index (χ0v) is 13.3. The fraction of sp³-hybridized carbons (Fsp3) is 0.105. The Labute approximate surface area is 137 Å². The molecule has 0 bridgehead atoms. The van der Waals surface area contributed by atoms with Gasteiger partial charge in [0, 0.05) is 12.1 Å². The lowest BCUT2D eigenvalue weighted by Crippen LogP contribution is -2.20. The highest BCUT2D eigenvalue weighted by molar-refractivity contribution is 6.00. The zero-order chi connectivity index (χ0) is 16.8. The number of ether oxygens (including phenoxy) is 2. The molecule has 0 radical (unpaired) electrons. The Hall–Kier alpha value is -3.21. The van der Waals surface area contributed by atoms with E-state index in [2.05, 4.69) is 0 Å². The van der Waals surface area contributed by atoms with Crippen molar-refractivity contribution in [1.29, 1.82) is 0 Å². The van der Waals surface area contributed by atoms with E-state index >= 15 is 0 Å². The molecule has 0 aliphatic rings. The van der Waals surface area contributed by atoms with Crippen LogP contribution >= 0.6 is 0 Å². The molecule has 0 aliphatic carbocycles. The van der Waals surface area contributed by atoms with Crippen molar-refractivity contribution >= 4 is 27.1 Å². The van der Waals surface area contributed by atoms with Gasteiger partial charge in [0.25, 0.3) is 0 Å². The molecular formula is C19H16NO4+. The molecule has 2 aromatic carbocycles. The first-order valence-corrected chi connectivity index (χ1v) is 7.47. The highest BCUT2D eigenvalue weighted by Gasteiger charge is 2.16. The number of rotatable bonds is 2. The largest absolute Gasteiger partial charge is 0.504 e. The van der Waals surface area contributed by atoms with Crippen molar-refractivity contribution in [2.24, 2.45) is 0 Å². The van der Waals surface area contributed by atoms with E-state index in [1.807, 2.05) is 34.9 Å². The molecule has 0 saturated heterocycles. The summed E-state index contributed by atoms with van der Waals surface area (Å²) in [4.78, 5) is 0. The van der Waals surface area contributed by atoms with E-state index in [0.29, 0.717) is 16.9 Å². The number of fused-ring (bicyclic) bond motifs is 4. The molecule has 5 heteroatoms. The predicted octanol–water partition coefficient (Wildman–Crippen LogP) is 3.16. The third kappa shape index (κ3) is 1.98. The Morgan fingerprint density at radius 1 is 0.833 bits per heavy atom. The maximum Gasteiger partial charge on any atom is 0.219 e. The number of aromatic nitrogens is 1. The smallest absolute Gasteiger partial charge is 0.219 e. The van der Waals surface area contributed by atoms with Crippen molar-refractivity contribution in [1.82, 2.24) is 0 Å². The topological polar surface area (TPSA) is 63.0 Å². The van der Waals surface area contributed by atoms with Gasteiger partial charge in [-0.2, -0.15) is 4.40 Å². The number of methoxy groups -OCH3 is 2. The van der Waals surface area contributed by atoms with E-state index in [1.165, 1.54) is 6.07 Å². The van der Waals surface area contributed by atoms with Crippen LogP contribution in [0.2, 0.25) is 0 Å². The molecule has 0 atom stereocenters. The fourth-order valence-corrected chi connectivity index (χ4v) is 3.06. The van der Waals surface area contributed by atoms with Crippen LogP contribution in [0.4, 0.5) is 0 Å². The molecule has 0 aliphatic heterocycles. The van der Waals surface area contributed by atoms with Crippen LogP contribution in [-0.2, 0) is 0 Å². The third-order valence-electron chi connectivity index (χ3n) is 4.31. The molecule has 5 nitrogen and oxygen atoms in total. The second-order valence-electron chi connectivity index (χ2n) is 5.61. The monoisotopic (exact) mass is 322 g/mol. The number of phenolic OH excluding ortho intramolecular Hbond substituents is 2. The van der Waals surface area contributed by atoms with Gasteiger partial charge in [-0.25, -0.2) is 0 Å². The summed E-state index contributed by atoms with van der Waals surface area (Å²) in [5, 5.41) is 23.2. The minimum atomic E-state index is -0.130. The number of benzene rings is 2. The molecule has 24 heavy (non-hydrogen) atoms. The van der Waals surface area contributed by atoms with Crippen molar-refractivity contribution < 1.29 is 24.1 Å². The summed E-state index contributed by atoms with van der Waals surface area (Å²) in [6.07, 6.45) is 3.71. The zero-order valence-electron chi connectivity index (χ0n) is 13.3. The maximum absolute atomic E-state index is 10.1. The van der Waals surface area contributed by atoms with Crippen LogP contribution in [0.15, 0.2) is 48.8 Å². The van der Waals surface area contributed by atoms with Crippen LogP contribution < -0.4 is 13.9 Å². The molecule has 0 fully saturated rings. The van der Waals surface area contributed by atoms with Crippen LogP contribution in [-0.4, -0.2) is 24.4 Å². The van der Waals surface area contributed by atoms with Crippen LogP contribution in [0.1, 0.15) is 0 Å². The molecule has 0 unspecified atom stereocenters. The average molecular weight is 322 g/mol. The number of hydrogen-bond donors (Lipinski definition) is 2. The molecule has 120 valence electrons. The average Bonchev–Trinajstić information content (AvgIpc) is 2.62. The fourth-order valence-electron chi connectivity index (χ4n) is 3.06. The van der Waals surface area contributed by atoms with Gasteiger partial charge in [0.1, 0.15) is 0 Å². The Morgan fingerprint density at radius 3 is 2.29 bits per heavy atom. The van der Waals surface area contributed by atoms with E-state index in [9.17, 15) is 10.2 Å². The number of phenols is 2. The number of hydrogen-bond acceptors (Lipinski definition) is 4. The van der Waals surface area contributed by atoms with E-state index in [0.717, 1.165) is 21.7 Å². The Bertz CT molecular complexity index is 1110. The summed E-state index contributed by atoms with van der Waals surface area (Å²) in [5.41, 5.74) is 0.964. The molecule has 0 saturated carbocycles. The molecule has 0 spiro atoms. The van der Waals surface area contributed by atoms with Crippen LogP contribution in [0.5, 0.6) is 23.0 Å². The van der Waals surface area contributed by atoms with Crippen molar-refractivity contribution in [2.75, 3.05) is 14.2 Å². The van der Waals surface area contributed by atoms with E-state index in [4.69, 9.17) is 9.47 Å². The number of pyridine rings is 2. The van der Waals surface area contributed by atoms with Crippen LogP contribution in [0.25, 0.3) is 27.1 Å². The predicted molar refractivity (Wildman–Crippen MR) is 91.0 cm³/mol. The second kappa shape index (κ2) is 5.16. The van der Waals surface area contributed by atoms with E-state index in [1.54, 1.807) is 26.5 Å². The van der Waals surface area contributed by atoms with Gasteiger partial charge in [0.2, 0.25) is 5.52 Å². The lowest BCUT2D eigenvalue weighted by Gasteiger charge is -2.09. The summed E-state index contributed by atoms with van der Waals surface area (Å²) in [7, 11) is 3.22. The van der Waals surface area contributed by atoms with Crippen LogP contribution in [0.3, 0.4) is 0 Å². The molecular weight excluding hydrogens is 306 g/mol. The molecule has 2 N–H and O–H groups in total. The van der Waals surface area contributed by atoms with Gasteiger partial charge in [-0.1, -0.05) is 0 Å². The van der Waals surface area contributed by atoms with Crippen molar-refractivity contribution in [3.05, 3.63) is 48.8 Å². The summed E-state index contributed by atoms with van der Waals surface area (Å²) in [6.45, 7) is 0. The van der Waals surface area contributed by atoms with Gasteiger partial charge in [0.15, 0.2) is 35.4 Å². The summed E-state index contributed by atoms with van der Waals surface area (Å²) >= 11 is 0. The standard InChI is InChI=1S/C19H15NO4/c1-23-17-8-12-5-6-20-10-14-11(3-4-16(21)19(14)22)7-15(20)13(12)9-18(17)24-2/h3-10,21H,1-2H3/p+1. The summed E-state index contributed by atoms with van der Waals surface area (Å²) < 4.78 is 12.7. The minimum Gasteiger partial charge on any atom is -0.504 e. The third-order valence-corrected chi connectivity index (χ3v) is 4.31. The maximum atomic E-state index is 10.1. The first-order valence-electron chi connectivity index (χ1n) is 7.47. The van der Waals surface area contributed by atoms with E-state index in [-0.39, 0.29) is 11.5 Å². The number of nitrogens with zero attached hydrogens (tertiary/aromatic N) is 1.